The summed E-state index contributed by atoms with van der Waals surface area (Å²) >= 11 is 0. The number of amides is 2. The van der Waals surface area contributed by atoms with Gasteiger partial charge in [0.2, 0.25) is 11.8 Å². The third-order valence-corrected chi connectivity index (χ3v) is 3.11. The second kappa shape index (κ2) is 6.47. The van der Waals surface area contributed by atoms with E-state index in [1.165, 1.54) is 6.07 Å². The van der Waals surface area contributed by atoms with Crippen molar-refractivity contribution in [2.45, 2.75) is 19.9 Å². The van der Waals surface area contributed by atoms with Gasteiger partial charge in [0.05, 0.1) is 13.1 Å². The first-order valence-corrected chi connectivity index (χ1v) is 6.67. The number of anilines is 1. The number of imide groups is 1. The highest BCUT2D eigenvalue weighted by molar-refractivity contribution is 6.02. The normalized spacial score (nSPS) is 15.4. The number of nitrogens with zero attached hydrogens (tertiary/aromatic N) is 1. The molecule has 20 heavy (non-hydrogen) atoms. The number of piperazine rings is 1. The summed E-state index contributed by atoms with van der Waals surface area (Å²) in [7, 11) is 0. The van der Waals surface area contributed by atoms with Gasteiger partial charge < -0.3 is 10.2 Å². The molecule has 108 valence electrons. The summed E-state index contributed by atoms with van der Waals surface area (Å²) in [4.78, 5) is 24.5. The highest BCUT2D eigenvalue weighted by atomic mass is 19.1. The Morgan fingerprint density at radius 3 is 2.65 bits per heavy atom. The van der Waals surface area contributed by atoms with E-state index in [0.717, 1.165) is 13.0 Å². The molecule has 2 rings (SSSR count). The van der Waals surface area contributed by atoms with Crippen LogP contribution in [0.4, 0.5) is 10.1 Å². The fraction of sp³-hybridized carbons (Fsp3) is 0.429. The molecule has 0 bridgehead atoms. The summed E-state index contributed by atoms with van der Waals surface area (Å²) in [5.41, 5.74) is 1.08. The molecule has 1 fully saturated rings. The summed E-state index contributed by atoms with van der Waals surface area (Å²) in [6, 6.07) is 4.71. The molecule has 1 aliphatic heterocycles. The monoisotopic (exact) mass is 279 g/mol. The molecule has 2 amide bonds. The van der Waals surface area contributed by atoms with Crippen LogP contribution in [-0.2, 0) is 16.1 Å². The molecule has 0 aromatic heterocycles. The minimum atomic E-state index is -0.363. The number of halogens is 1. The summed E-state index contributed by atoms with van der Waals surface area (Å²) in [6.07, 6.45) is 0.953. The molecular formula is C14H18FN3O2. The van der Waals surface area contributed by atoms with E-state index in [9.17, 15) is 14.0 Å². The molecule has 1 heterocycles. The van der Waals surface area contributed by atoms with Crippen molar-refractivity contribution in [1.82, 2.24) is 10.6 Å². The van der Waals surface area contributed by atoms with Crippen molar-refractivity contribution in [3.05, 3.63) is 29.6 Å². The van der Waals surface area contributed by atoms with E-state index in [1.54, 1.807) is 17.0 Å². The smallest absolute Gasteiger partial charge is 0.246 e. The van der Waals surface area contributed by atoms with Crippen LogP contribution in [-0.4, -0.2) is 31.4 Å². The molecule has 1 aliphatic rings. The van der Waals surface area contributed by atoms with Crippen molar-refractivity contribution in [3.8, 4) is 0 Å². The van der Waals surface area contributed by atoms with Crippen molar-refractivity contribution in [2.24, 2.45) is 0 Å². The highest BCUT2D eigenvalue weighted by Gasteiger charge is 2.25. The average molecular weight is 279 g/mol. The Labute approximate surface area is 117 Å². The second-order valence-corrected chi connectivity index (χ2v) is 4.74. The number of carbonyl (C=O) groups excluding carboxylic acids is 2. The Morgan fingerprint density at radius 2 is 2.00 bits per heavy atom. The molecule has 0 saturated carbocycles. The molecule has 0 unspecified atom stereocenters. The summed E-state index contributed by atoms with van der Waals surface area (Å²) < 4.78 is 14.0. The van der Waals surface area contributed by atoms with Crippen molar-refractivity contribution >= 4 is 17.5 Å². The van der Waals surface area contributed by atoms with E-state index in [0.29, 0.717) is 17.8 Å². The molecule has 2 N–H and O–H groups in total. The van der Waals surface area contributed by atoms with Crippen LogP contribution >= 0.6 is 0 Å². The SMILES string of the molecule is CCCNCc1c(F)cccc1N1CC(=O)NC(=O)C1. The Balaban J connectivity index is 2.23. The lowest BCUT2D eigenvalue weighted by molar-refractivity contribution is -0.130. The van der Waals surface area contributed by atoms with Crippen molar-refractivity contribution in [2.75, 3.05) is 24.5 Å². The molecular weight excluding hydrogens is 261 g/mol. The third kappa shape index (κ3) is 3.33. The lowest BCUT2D eigenvalue weighted by Gasteiger charge is -2.29. The quantitative estimate of drug-likeness (QED) is 0.618. The fourth-order valence-electron chi connectivity index (χ4n) is 2.22. The minimum Gasteiger partial charge on any atom is -0.353 e. The largest absolute Gasteiger partial charge is 0.353 e. The van der Waals surface area contributed by atoms with Gasteiger partial charge in [-0.15, -0.1) is 0 Å². The van der Waals surface area contributed by atoms with Gasteiger partial charge in [-0.3, -0.25) is 14.9 Å². The number of benzene rings is 1. The molecule has 1 saturated heterocycles. The van der Waals surface area contributed by atoms with Gasteiger partial charge in [0.15, 0.2) is 0 Å². The molecule has 0 spiro atoms. The van der Waals surface area contributed by atoms with E-state index >= 15 is 0 Å². The highest BCUT2D eigenvalue weighted by Crippen LogP contribution is 2.23. The van der Waals surface area contributed by atoms with E-state index < -0.39 is 0 Å². The van der Waals surface area contributed by atoms with Crippen LogP contribution in [0.1, 0.15) is 18.9 Å². The average Bonchev–Trinajstić information content (AvgIpc) is 2.39. The second-order valence-electron chi connectivity index (χ2n) is 4.74. The Morgan fingerprint density at radius 1 is 1.30 bits per heavy atom. The zero-order chi connectivity index (χ0) is 14.5. The van der Waals surface area contributed by atoms with Crippen LogP contribution in [0.15, 0.2) is 18.2 Å². The van der Waals surface area contributed by atoms with Gasteiger partial charge in [-0.1, -0.05) is 13.0 Å². The maximum absolute atomic E-state index is 14.0. The van der Waals surface area contributed by atoms with Gasteiger partial charge in [-0.2, -0.15) is 0 Å². The molecule has 0 aliphatic carbocycles. The molecule has 0 radical (unpaired) electrons. The van der Waals surface area contributed by atoms with Gasteiger partial charge in [0.1, 0.15) is 5.82 Å². The molecule has 6 heteroatoms. The number of hydrogen-bond donors (Lipinski definition) is 2. The first kappa shape index (κ1) is 14.5. The molecule has 1 aromatic carbocycles. The van der Waals surface area contributed by atoms with E-state index in [1.807, 2.05) is 6.92 Å². The maximum atomic E-state index is 14.0. The Bertz CT molecular complexity index is 503. The van der Waals surface area contributed by atoms with E-state index in [2.05, 4.69) is 10.6 Å². The number of hydrogen-bond acceptors (Lipinski definition) is 4. The topological polar surface area (TPSA) is 61.4 Å². The van der Waals surface area contributed by atoms with Gasteiger partial charge in [0, 0.05) is 17.8 Å². The summed E-state index contributed by atoms with van der Waals surface area (Å²) in [6.45, 7) is 3.32. The van der Waals surface area contributed by atoms with Gasteiger partial charge in [0.25, 0.3) is 0 Å². The summed E-state index contributed by atoms with van der Waals surface area (Å²) in [5.74, 6) is -1.06. The Kier molecular flexibility index (Phi) is 4.68. The zero-order valence-corrected chi connectivity index (χ0v) is 11.4. The van der Waals surface area contributed by atoms with Crippen LogP contribution < -0.4 is 15.5 Å². The molecule has 0 atom stereocenters. The van der Waals surface area contributed by atoms with Crippen LogP contribution in [0.25, 0.3) is 0 Å². The lowest BCUT2D eigenvalue weighted by Crippen LogP contribution is -2.51. The van der Waals surface area contributed by atoms with Crippen LogP contribution in [0.3, 0.4) is 0 Å². The van der Waals surface area contributed by atoms with Crippen LogP contribution in [0.5, 0.6) is 0 Å². The van der Waals surface area contributed by atoms with Gasteiger partial charge in [-0.05, 0) is 25.1 Å². The van der Waals surface area contributed by atoms with E-state index in [-0.39, 0.29) is 30.7 Å². The first-order valence-electron chi connectivity index (χ1n) is 6.67. The zero-order valence-electron chi connectivity index (χ0n) is 11.4. The van der Waals surface area contributed by atoms with Crippen LogP contribution in [0.2, 0.25) is 0 Å². The maximum Gasteiger partial charge on any atom is 0.246 e. The standard InChI is InChI=1S/C14H18FN3O2/c1-2-6-16-7-10-11(15)4-3-5-12(10)18-8-13(19)17-14(20)9-18/h3-5,16H,2,6-9H2,1H3,(H,17,19,20). The van der Waals surface area contributed by atoms with E-state index in [4.69, 9.17) is 0 Å². The van der Waals surface area contributed by atoms with Gasteiger partial charge in [-0.25, -0.2) is 4.39 Å². The fourth-order valence-corrected chi connectivity index (χ4v) is 2.22. The van der Waals surface area contributed by atoms with Crippen molar-refractivity contribution in [3.63, 3.8) is 0 Å². The van der Waals surface area contributed by atoms with Crippen molar-refractivity contribution in [1.29, 1.82) is 0 Å². The third-order valence-electron chi connectivity index (χ3n) is 3.11. The summed E-state index contributed by atoms with van der Waals surface area (Å²) in [5, 5.41) is 5.38. The number of rotatable bonds is 5. The number of carbonyl (C=O) groups is 2. The Hall–Kier alpha value is -1.95. The predicted molar refractivity (Wildman–Crippen MR) is 73.8 cm³/mol. The van der Waals surface area contributed by atoms with Crippen LogP contribution in [0, 0.1) is 5.82 Å². The lowest BCUT2D eigenvalue weighted by atomic mass is 10.1. The minimum absolute atomic E-state index is 0.0654. The number of nitrogens with one attached hydrogen (secondary N) is 2. The van der Waals surface area contributed by atoms with Gasteiger partial charge >= 0.3 is 0 Å². The predicted octanol–water partition coefficient (Wildman–Crippen LogP) is 0.788. The molecule has 1 aromatic rings. The molecule has 5 nitrogen and oxygen atoms in total. The first-order chi connectivity index (χ1) is 9.61. The van der Waals surface area contributed by atoms with Crippen molar-refractivity contribution < 1.29 is 14.0 Å².